The maximum atomic E-state index is 4.54. The van der Waals surface area contributed by atoms with Gasteiger partial charge in [-0.25, -0.2) is 4.98 Å². The lowest BCUT2D eigenvalue weighted by molar-refractivity contribution is 0.598. The van der Waals surface area contributed by atoms with Gasteiger partial charge in [-0.3, -0.25) is 4.98 Å². The number of nitrogens with zero attached hydrogens (tertiary/aromatic N) is 2. The van der Waals surface area contributed by atoms with Gasteiger partial charge >= 0.3 is 0 Å². The van der Waals surface area contributed by atoms with Crippen molar-refractivity contribution in [1.29, 1.82) is 0 Å². The van der Waals surface area contributed by atoms with Crippen molar-refractivity contribution < 1.29 is 0 Å². The molecule has 1 heterocycles. The summed E-state index contributed by atoms with van der Waals surface area (Å²) in [5.41, 5.74) is 2.85. The average molecular weight is 268 g/mol. The van der Waals surface area contributed by atoms with E-state index in [2.05, 4.69) is 51.8 Å². The molecule has 0 saturated heterocycles. The number of aryl methyl sites for hydroxylation is 1. The number of benzene rings is 1. The lowest BCUT2D eigenvalue weighted by atomic mass is 9.88. The molecule has 0 bridgehead atoms. The Bertz CT molecular complexity index is 582. The highest BCUT2D eigenvalue weighted by molar-refractivity contribution is 5.45. The molecular weight excluding hydrogens is 248 g/mol. The van der Waals surface area contributed by atoms with Crippen LogP contribution in [0.1, 0.15) is 36.9 Å². The van der Waals surface area contributed by atoms with E-state index < -0.39 is 0 Å². The Balaban J connectivity index is 1.80. The van der Waals surface area contributed by atoms with Crippen LogP contribution >= 0.6 is 0 Å². The van der Waals surface area contributed by atoms with Gasteiger partial charge in [-0.05, 0) is 37.3 Å². The fraction of sp³-hybridized carbons (Fsp3) is 0.375. The van der Waals surface area contributed by atoms with Gasteiger partial charge in [0.1, 0.15) is 11.6 Å². The highest BCUT2D eigenvalue weighted by Crippen LogP contribution is 2.31. The second-order valence-electron chi connectivity index (χ2n) is 5.11. The topological polar surface area (TPSA) is 49.8 Å². The van der Waals surface area contributed by atoms with Gasteiger partial charge in [0.15, 0.2) is 0 Å². The predicted octanol–water partition coefficient (Wildman–Crippen LogP) is 3.40. The van der Waals surface area contributed by atoms with E-state index >= 15 is 0 Å². The summed E-state index contributed by atoms with van der Waals surface area (Å²) in [7, 11) is 0. The first-order valence-corrected chi connectivity index (χ1v) is 7.27. The van der Waals surface area contributed by atoms with Crippen LogP contribution in [0.4, 0.5) is 11.6 Å². The number of rotatable bonds is 4. The average Bonchev–Trinajstić information content (AvgIpc) is 2.48. The molecule has 4 heteroatoms. The van der Waals surface area contributed by atoms with E-state index in [1.54, 1.807) is 12.4 Å². The summed E-state index contributed by atoms with van der Waals surface area (Å²) >= 11 is 0. The highest BCUT2D eigenvalue weighted by Gasteiger charge is 2.19. The zero-order valence-electron chi connectivity index (χ0n) is 11.8. The second kappa shape index (κ2) is 5.90. The van der Waals surface area contributed by atoms with Gasteiger partial charge in [-0.15, -0.1) is 0 Å². The summed E-state index contributed by atoms with van der Waals surface area (Å²) in [5.74, 6) is 1.66. The largest absolute Gasteiger partial charge is 0.369 e. The van der Waals surface area contributed by atoms with Crippen LogP contribution in [0.15, 0.2) is 36.7 Å². The summed E-state index contributed by atoms with van der Waals surface area (Å²) < 4.78 is 0. The van der Waals surface area contributed by atoms with Crippen LogP contribution in [0, 0.1) is 0 Å². The van der Waals surface area contributed by atoms with Gasteiger partial charge < -0.3 is 10.6 Å². The normalized spacial score (nSPS) is 17.4. The first kappa shape index (κ1) is 12.9. The summed E-state index contributed by atoms with van der Waals surface area (Å²) in [5, 5.41) is 6.71. The Kier molecular flexibility index (Phi) is 3.81. The van der Waals surface area contributed by atoms with E-state index in [0.717, 1.165) is 24.6 Å². The Morgan fingerprint density at radius 1 is 1.20 bits per heavy atom. The van der Waals surface area contributed by atoms with Crippen LogP contribution in [-0.2, 0) is 6.42 Å². The van der Waals surface area contributed by atoms with Gasteiger partial charge in [0, 0.05) is 6.54 Å². The predicted molar refractivity (Wildman–Crippen MR) is 81.9 cm³/mol. The molecule has 2 N–H and O–H groups in total. The molecule has 1 unspecified atom stereocenters. The van der Waals surface area contributed by atoms with E-state index in [9.17, 15) is 0 Å². The van der Waals surface area contributed by atoms with Crippen molar-refractivity contribution >= 4 is 11.6 Å². The summed E-state index contributed by atoms with van der Waals surface area (Å²) in [6.45, 7) is 2.91. The zero-order valence-corrected chi connectivity index (χ0v) is 11.8. The molecule has 0 amide bonds. The first-order chi connectivity index (χ1) is 9.86. The second-order valence-corrected chi connectivity index (χ2v) is 5.11. The van der Waals surface area contributed by atoms with Gasteiger partial charge in [-0.1, -0.05) is 24.3 Å². The molecule has 2 aromatic rings. The minimum atomic E-state index is 0.339. The van der Waals surface area contributed by atoms with Crippen LogP contribution < -0.4 is 10.6 Å². The van der Waals surface area contributed by atoms with Crippen molar-refractivity contribution in [3.05, 3.63) is 47.8 Å². The van der Waals surface area contributed by atoms with Crippen molar-refractivity contribution in [2.24, 2.45) is 0 Å². The van der Waals surface area contributed by atoms with Crippen molar-refractivity contribution in [1.82, 2.24) is 9.97 Å². The standard InChI is InChI=1S/C16H20N4/c1-2-18-15-10-17-11-16(20-15)19-14-9-5-7-12-6-3-4-8-13(12)14/h3-4,6,8,10-11,14H,2,5,7,9H2,1H3,(H2,18,19,20). The SMILES string of the molecule is CCNc1cncc(NC2CCCc3ccccc32)n1. The van der Waals surface area contributed by atoms with Crippen LogP contribution in [0.2, 0.25) is 0 Å². The van der Waals surface area contributed by atoms with Crippen LogP contribution in [-0.4, -0.2) is 16.5 Å². The maximum Gasteiger partial charge on any atom is 0.147 e. The van der Waals surface area contributed by atoms with Crippen LogP contribution in [0.25, 0.3) is 0 Å². The molecule has 1 atom stereocenters. The summed E-state index contributed by atoms with van der Waals surface area (Å²) in [6, 6.07) is 9.01. The third-order valence-electron chi connectivity index (χ3n) is 3.68. The fourth-order valence-corrected chi connectivity index (χ4v) is 2.78. The minimum absolute atomic E-state index is 0.339. The highest BCUT2D eigenvalue weighted by atomic mass is 15.1. The van der Waals surface area contributed by atoms with Gasteiger partial charge in [0.2, 0.25) is 0 Å². The molecule has 20 heavy (non-hydrogen) atoms. The quantitative estimate of drug-likeness (QED) is 0.892. The third-order valence-corrected chi connectivity index (χ3v) is 3.68. The van der Waals surface area contributed by atoms with Crippen LogP contribution in [0.5, 0.6) is 0 Å². The van der Waals surface area contributed by atoms with Crippen molar-refractivity contribution in [2.75, 3.05) is 17.2 Å². The maximum absolute atomic E-state index is 4.54. The summed E-state index contributed by atoms with van der Waals surface area (Å²) in [6.07, 6.45) is 7.08. The molecule has 0 spiro atoms. The zero-order chi connectivity index (χ0) is 13.8. The van der Waals surface area contributed by atoms with E-state index in [4.69, 9.17) is 0 Å². The molecule has 1 aromatic carbocycles. The van der Waals surface area contributed by atoms with E-state index in [-0.39, 0.29) is 0 Å². The van der Waals surface area contributed by atoms with Crippen molar-refractivity contribution in [3.8, 4) is 0 Å². The lowest BCUT2D eigenvalue weighted by Crippen LogP contribution is -2.18. The van der Waals surface area contributed by atoms with E-state index in [1.807, 2.05) is 0 Å². The van der Waals surface area contributed by atoms with Crippen molar-refractivity contribution in [2.45, 2.75) is 32.2 Å². The molecule has 3 rings (SSSR count). The Hall–Kier alpha value is -2.10. The number of hydrogen-bond donors (Lipinski definition) is 2. The Morgan fingerprint density at radius 2 is 2.05 bits per heavy atom. The van der Waals surface area contributed by atoms with Gasteiger partial charge in [0.25, 0.3) is 0 Å². The molecule has 0 aliphatic heterocycles. The molecule has 104 valence electrons. The van der Waals surface area contributed by atoms with E-state index in [1.165, 1.54) is 24.0 Å². The number of hydrogen-bond acceptors (Lipinski definition) is 4. The molecule has 0 radical (unpaired) electrons. The molecule has 4 nitrogen and oxygen atoms in total. The van der Waals surface area contributed by atoms with Crippen LogP contribution in [0.3, 0.4) is 0 Å². The molecule has 0 saturated carbocycles. The Morgan fingerprint density at radius 3 is 2.95 bits per heavy atom. The number of aromatic nitrogens is 2. The monoisotopic (exact) mass is 268 g/mol. The van der Waals surface area contributed by atoms with Gasteiger partial charge in [-0.2, -0.15) is 0 Å². The van der Waals surface area contributed by atoms with E-state index in [0.29, 0.717) is 6.04 Å². The fourth-order valence-electron chi connectivity index (χ4n) is 2.78. The number of nitrogens with one attached hydrogen (secondary N) is 2. The lowest BCUT2D eigenvalue weighted by Gasteiger charge is -2.26. The molecule has 1 aliphatic carbocycles. The molecule has 1 aromatic heterocycles. The van der Waals surface area contributed by atoms with Gasteiger partial charge in [0.05, 0.1) is 18.4 Å². The first-order valence-electron chi connectivity index (χ1n) is 7.27. The summed E-state index contributed by atoms with van der Waals surface area (Å²) in [4.78, 5) is 8.78. The number of anilines is 2. The molecule has 1 aliphatic rings. The third kappa shape index (κ3) is 2.74. The molecular formula is C16H20N4. The van der Waals surface area contributed by atoms with Crippen molar-refractivity contribution in [3.63, 3.8) is 0 Å². The minimum Gasteiger partial charge on any atom is -0.369 e. The smallest absolute Gasteiger partial charge is 0.147 e. The molecule has 0 fully saturated rings. The number of fused-ring (bicyclic) bond motifs is 1. The Labute approximate surface area is 119 Å².